The molecule has 0 aromatic heterocycles. The van der Waals surface area contributed by atoms with E-state index in [1.54, 1.807) is 24.3 Å². The first-order valence-corrected chi connectivity index (χ1v) is 7.77. The molecule has 0 aliphatic rings. The van der Waals surface area contributed by atoms with Gasteiger partial charge in [-0.2, -0.15) is 0 Å². The van der Waals surface area contributed by atoms with Crippen LogP contribution in [0.15, 0.2) is 36.4 Å². The molecule has 2 rings (SSSR count). The van der Waals surface area contributed by atoms with E-state index in [-0.39, 0.29) is 5.91 Å². The molecule has 3 nitrogen and oxygen atoms in total. The van der Waals surface area contributed by atoms with Crippen LogP contribution in [0.4, 0.5) is 11.4 Å². The summed E-state index contributed by atoms with van der Waals surface area (Å²) in [6, 6.07) is 11.0. The van der Waals surface area contributed by atoms with Gasteiger partial charge in [0.1, 0.15) is 0 Å². The number of carbonyl (C=O) groups excluding carboxylic acids is 1. The number of nitrogens with one attached hydrogen (secondary N) is 2. The summed E-state index contributed by atoms with van der Waals surface area (Å²) in [5.41, 5.74) is 3.81. The Morgan fingerprint density at radius 2 is 1.77 bits per heavy atom. The Morgan fingerprint density at radius 1 is 1.09 bits per heavy atom. The molecule has 1 amide bonds. The van der Waals surface area contributed by atoms with Crippen LogP contribution >= 0.6 is 23.2 Å². The van der Waals surface area contributed by atoms with Gasteiger partial charge in [-0.3, -0.25) is 4.79 Å². The minimum absolute atomic E-state index is 0.0595. The number of benzene rings is 2. The molecular formula is C17H18Cl2N2O. The maximum Gasteiger partial charge on any atom is 0.226 e. The van der Waals surface area contributed by atoms with Crippen molar-refractivity contribution in [3.05, 3.63) is 57.6 Å². The molecule has 0 saturated heterocycles. The number of carbonyl (C=O) groups is 1. The first kappa shape index (κ1) is 16.7. The van der Waals surface area contributed by atoms with Gasteiger partial charge in [-0.05, 0) is 55.3 Å². The lowest BCUT2D eigenvalue weighted by Crippen LogP contribution is -2.16. The highest BCUT2D eigenvalue weighted by molar-refractivity contribution is 6.33. The van der Waals surface area contributed by atoms with Crippen molar-refractivity contribution in [3.63, 3.8) is 0 Å². The molecule has 0 heterocycles. The molecule has 22 heavy (non-hydrogen) atoms. The Morgan fingerprint density at radius 3 is 2.41 bits per heavy atom. The second-order valence-electron chi connectivity index (χ2n) is 5.17. The number of anilines is 2. The first-order valence-electron chi connectivity index (χ1n) is 7.02. The molecule has 0 aliphatic carbocycles. The first-order chi connectivity index (χ1) is 10.5. The number of aryl methyl sites for hydroxylation is 2. The van der Waals surface area contributed by atoms with Crippen molar-refractivity contribution in [2.24, 2.45) is 0 Å². The summed E-state index contributed by atoms with van der Waals surface area (Å²) in [6.07, 6.45) is 0.353. The zero-order chi connectivity index (χ0) is 16.1. The second kappa shape index (κ2) is 7.52. The van der Waals surface area contributed by atoms with E-state index in [9.17, 15) is 4.79 Å². The molecule has 0 aliphatic heterocycles. The summed E-state index contributed by atoms with van der Waals surface area (Å²) in [7, 11) is 0. The van der Waals surface area contributed by atoms with Gasteiger partial charge in [-0.1, -0.05) is 29.3 Å². The number of halogens is 2. The van der Waals surface area contributed by atoms with Gasteiger partial charge < -0.3 is 10.6 Å². The smallest absolute Gasteiger partial charge is 0.226 e. The normalized spacial score (nSPS) is 10.4. The molecule has 0 bridgehead atoms. The predicted octanol–water partition coefficient (Wildman–Crippen LogP) is 5.05. The van der Waals surface area contributed by atoms with E-state index in [0.29, 0.717) is 23.0 Å². The minimum Gasteiger partial charge on any atom is -0.383 e. The lowest BCUT2D eigenvalue weighted by molar-refractivity contribution is -0.115. The molecule has 116 valence electrons. The van der Waals surface area contributed by atoms with Crippen molar-refractivity contribution in [2.45, 2.75) is 20.3 Å². The van der Waals surface area contributed by atoms with E-state index in [4.69, 9.17) is 23.2 Å². The van der Waals surface area contributed by atoms with Crippen LogP contribution in [0.3, 0.4) is 0 Å². The zero-order valence-electron chi connectivity index (χ0n) is 12.5. The lowest BCUT2D eigenvalue weighted by atomic mass is 10.1. The highest BCUT2D eigenvalue weighted by Gasteiger charge is 2.07. The van der Waals surface area contributed by atoms with Crippen molar-refractivity contribution in [2.75, 3.05) is 17.2 Å². The summed E-state index contributed by atoms with van der Waals surface area (Å²) in [5.74, 6) is -0.0595. The predicted molar refractivity (Wildman–Crippen MR) is 94.1 cm³/mol. The topological polar surface area (TPSA) is 41.1 Å². The van der Waals surface area contributed by atoms with Crippen molar-refractivity contribution < 1.29 is 4.79 Å². The monoisotopic (exact) mass is 336 g/mol. The van der Waals surface area contributed by atoms with Gasteiger partial charge >= 0.3 is 0 Å². The van der Waals surface area contributed by atoms with Crippen molar-refractivity contribution in [3.8, 4) is 0 Å². The molecule has 0 unspecified atom stereocenters. The van der Waals surface area contributed by atoms with Crippen LogP contribution in [0.5, 0.6) is 0 Å². The van der Waals surface area contributed by atoms with Crippen molar-refractivity contribution in [1.82, 2.24) is 0 Å². The average Bonchev–Trinajstić information content (AvgIpc) is 2.44. The number of amides is 1. The van der Waals surface area contributed by atoms with Gasteiger partial charge in [-0.25, -0.2) is 0 Å². The fraction of sp³-hybridized carbons (Fsp3) is 0.235. The van der Waals surface area contributed by atoms with Crippen LogP contribution in [0.25, 0.3) is 0 Å². The molecule has 0 atom stereocenters. The van der Waals surface area contributed by atoms with Gasteiger partial charge in [0.2, 0.25) is 5.91 Å². The van der Waals surface area contributed by atoms with Gasteiger partial charge in [0.05, 0.1) is 10.7 Å². The lowest BCUT2D eigenvalue weighted by Gasteiger charge is -2.12. The third kappa shape index (κ3) is 4.65. The van der Waals surface area contributed by atoms with Crippen LogP contribution in [0, 0.1) is 13.8 Å². The number of hydrogen-bond donors (Lipinski definition) is 2. The van der Waals surface area contributed by atoms with Crippen LogP contribution in [0.2, 0.25) is 10.0 Å². The largest absolute Gasteiger partial charge is 0.383 e. The SMILES string of the molecule is Cc1cc(C)c(NCCC(=O)Nc2ccc(Cl)cc2)c(Cl)c1. The summed E-state index contributed by atoms with van der Waals surface area (Å²) in [6.45, 7) is 4.51. The van der Waals surface area contributed by atoms with E-state index in [0.717, 1.165) is 22.5 Å². The Balaban J connectivity index is 1.86. The number of hydrogen-bond acceptors (Lipinski definition) is 2. The Kier molecular flexibility index (Phi) is 5.69. The highest BCUT2D eigenvalue weighted by atomic mass is 35.5. The van der Waals surface area contributed by atoms with E-state index in [1.165, 1.54) is 0 Å². The quantitative estimate of drug-likeness (QED) is 0.801. The van der Waals surface area contributed by atoms with Crippen LogP contribution in [0.1, 0.15) is 17.5 Å². The van der Waals surface area contributed by atoms with E-state index >= 15 is 0 Å². The Bertz CT molecular complexity index is 646. The van der Waals surface area contributed by atoms with Gasteiger partial charge in [0, 0.05) is 23.7 Å². The third-order valence-electron chi connectivity index (χ3n) is 3.21. The molecule has 2 aromatic rings. The minimum atomic E-state index is -0.0595. The maximum atomic E-state index is 11.9. The van der Waals surface area contributed by atoms with E-state index < -0.39 is 0 Å². The molecule has 0 saturated carbocycles. The van der Waals surface area contributed by atoms with Gasteiger partial charge in [-0.15, -0.1) is 0 Å². The molecular weight excluding hydrogens is 319 g/mol. The molecule has 2 N–H and O–H groups in total. The molecule has 5 heteroatoms. The molecule has 0 fully saturated rings. The zero-order valence-corrected chi connectivity index (χ0v) is 14.1. The standard InChI is InChI=1S/C17H18Cl2N2O/c1-11-9-12(2)17(15(19)10-11)20-8-7-16(22)21-14-5-3-13(18)4-6-14/h3-6,9-10,20H,7-8H2,1-2H3,(H,21,22). The molecule has 0 radical (unpaired) electrons. The summed E-state index contributed by atoms with van der Waals surface area (Å²) >= 11 is 12.0. The number of rotatable bonds is 5. The van der Waals surface area contributed by atoms with Gasteiger partial charge in [0.15, 0.2) is 0 Å². The summed E-state index contributed by atoms with van der Waals surface area (Å²) in [4.78, 5) is 11.9. The maximum absolute atomic E-state index is 11.9. The average molecular weight is 337 g/mol. The van der Waals surface area contributed by atoms with E-state index in [1.807, 2.05) is 19.9 Å². The van der Waals surface area contributed by atoms with Crippen molar-refractivity contribution in [1.29, 1.82) is 0 Å². The van der Waals surface area contributed by atoms with Crippen LogP contribution in [-0.4, -0.2) is 12.5 Å². The fourth-order valence-electron chi connectivity index (χ4n) is 2.20. The van der Waals surface area contributed by atoms with Crippen molar-refractivity contribution >= 4 is 40.5 Å². The Hall–Kier alpha value is -1.71. The summed E-state index contributed by atoms with van der Waals surface area (Å²) < 4.78 is 0. The third-order valence-corrected chi connectivity index (χ3v) is 3.76. The van der Waals surface area contributed by atoms with E-state index in [2.05, 4.69) is 16.7 Å². The van der Waals surface area contributed by atoms with Crippen LogP contribution in [-0.2, 0) is 4.79 Å². The summed E-state index contributed by atoms with van der Waals surface area (Å²) in [5, 5.41) is 7.36. The molecule has 2 aromatic carbocycles. The van der Waals surface area contributed by atoms with Crippen LogP contribution < -0.4 is 10.6 Å². The molecule has 0 spiro atoms. The highest BCUT2D eigenvalue weighted by Crippen LogP contribution is 2.27. The van der Waals surface area contributed by atoms with Gasteiger partial charge in [0.25, 0.3) is 0 Å². The second-order valence-corrected chi connectivity index (χ2v) is 6.01. The fourth-order valence-corrected chi connectivity index (χ4v) is 2.71. The Labute approximate surface area is 140 Å².